The molecule has 9 heteroatoms. The SMILES string of the molecule is COC(=O)CS(=O)(=O)Nc1nc(C)cc(Cl)n1. The molecule has 0 aliphatic heterocycles. The fraction of sp³-hybridized carbons (Fsp3) is 0.375. The van der Waals surface area contributed by atoms with E-state index >= 15 is 0 Å². The van der Waals surface area contributed by atoms with Crippen molar-refractivity contribution in [1.29, 1.82) is 0 Å². The lowest BCUT2D eigenvalue weighted by Crippen LogP contribution is -2.24. The molecule has 0 radical (unpaired) electrons. The first-order chi connectivity index (χ1) is 7.82. The van der Waals surface area contributed by atoms with Gasteiger partial charge >= 0.3 is 5.97 Å². The topological polar surface area (TPSA) is 98.2 Å². The number of nitrogens with zero attached hydrogens (tertiary/aromatic N) is 2. The Bertz CT molecular complexity index is 511. The maximum absolute atomic E-state index is 11.5. The van der Waals surface area contributed by atoms with E-state index in [0.717, 1.165) is 7.11 Å². The Morgan fingerprint density at radius 3 is 2.71 bits per heavy atom. The van der Waals surface area contributed by atoms with Gasteiger partial charge in [0.05, 0.1) is 7.11 Å². The number of esters is 1. The Morgan fingerprint density at radius 2 is 2.18 bits per heavy atom. The van der Waals surface area contributed by atoms with Gasteiger partial charge in [-0.25, -0.2) is 18.4 Å². The fourth-order valence-corrected chi connectivity index (χ4v) is 2.07. The molecule has 1 N–H and O–H groups in total. The quantitative estimate of drug-likeness (QED) is 0.631. The van der Waals surface area contributed by atoms with E-state index in [2.05, 4.69) is 14.7 Å². The molecule has 0 aromatic carbocycles. The second-order valence-corrected chi connectivity index (χ2v) is 5.20. The monoisotopic (exact) mass is 279 g/mol. The molecule has 1 aromatic rings. The minimum absolute atomic E-state index is 0.105. The predicted octanol–water partition coefficient (Wildman–Crippen LogP) is 0.353. The van der Waals surface area contributed by atoms with Crippen LogP contribution >= 0.6 is 11.6 Å². The summed E-state index contributed by atoms with van der Waals surface area (Å²) < 4.78 is 29.2. The summed E-state index contributed by atoms with van der Waals surface area (Å²) >= 11 is 5.63. The average Bonchev–Trinajstić information content (AvgIpc) is 2.13. The molecule has 0 atom stereocenters. The smallest absolute Gasteiger partial charge is 0.322 e. The molecule has 0 amide bonds. The van der Waals surface area contributed by atoms with Crippen LogP contribution in [0.1, 0.15) is 5.69 Å². The van der Waals surface area contributed by atoms with Crippen LogP contribution in [0.2, 0.25) is 5.15 Å². The lowest BCUT2D eigenvalue weighted by Gasteiger charge is -2.06. The molecule has 1 rings (SSSR count). The molecule has 94 valence electrons. The van der Waals surface area contributed by atoms with E-state index in [9.17, 15) is 13.2 Å². The molecule has 0 unspecified atom stereocenters. The number of hydrogen-bond acceptors (Lipinski definition) is 6. The first-order valence-corrected chi connectivity index (χ1v) is 6.44. The van der Waals surface area contributed by atoms with E-state index in [1.165, 1.54) is 6.07 Å². The first kappa shape index (κ1) is 13.7. The van der Waals surface area contributed by atoms with E-state index in [4.69, 9.17) is 11.6 Å². The standard InChI is InChI=1S/C8H10ClN3O4S/c1-5-3-6(9)11-8(10-5)12-17(14,15)4-7(13)16-2/h3H,4H2,1-2H3,(H,10,11,12). The lowest BCUT2D eigenvalue weighted by molar-refractivity contribution is -0.137. The van der Waals surface area contributed by atoms with Crippen LogP contribution in [0, 0.1) is 6.92 Å². The normalized spacial score (nSPS) is 11.0. The van der Waals surface area contributed by atoms with Crippen LogP contribution in [-0.4, -0.2) is 37.2 Å². The highest BCUT2D eigenvalue weighted by Gasteiger charge is 2.18. The zero-order valence-electron chi connectivity index (χ0n) is 9.10. The van der Waals surface area contributed by atoms with Crippen LogP contribution in [0.15, 0.2) is 6.07 Å². The number of carbonyl (C=O) groups excluding carboxylic acids is 1. The van der Waals surface area contributed by atoms with E-state index in [0.29, 0.717) is 5.69 Å². The molecule has 0 saturated carbocycles. The van der Waals surface area contributed by atoms with Gasteiger partial charge < -0.3 is 4.74 Å². The van der Waals surface area contributed by atoms with Crippen molar-refractivity contribution < 1.29 is 17.9 Å². The minimum atomic E-state index is -3.89. The second kappa shape index (κ2) is 5.28. The molecular weight excluding hydrogens is 270 g/mol. The Balaban J connectivity index is 2.86. The van der Waals surface area contributed by atoms with Gasteiger partial charge in [-0.15, -0.1) is 0 Å². The number of nitrogens with one attached hydrogen (secondary N) is 1. The average molecular weight is 280 g/mol. The van der Waals surface area contributed by atoms with Gasteiger partial charge in [-0.1, -0.05) is 11.6 Å². The Hall–Kier alpha value is -1.41. The largest absolute Gasteiger partial charge is 0.468 e. The molecule has 1 aromatic heterocycles. The van der Waals surface area contributed by atoms with E-state index < -0.39 is 21.7 Å². The number of anilines is 1. The molecule has 0 saturated heterocycles. The molecule has 17 heavy (non-hydrogen) atoms. The van der Waals surface area contributed by atoms with Crippen LogP contribution < -0.4 is 4.72 Å². The van der Waals surface area contributed by atoms with Gasteiger partial charge in [0.1, 0.15) is 5.15 Å². The van der Waals surface area contributed by atoms with Gasteiger partial charge in [0.15, 0.2) is 5.75 Å². The van der Waals surface area contributed by atoms with Gasteiger partial charge in [0.25, 0.3) is 0 Å². The zero-order chi connectivity index (χ0) is 13.1. The summed E-state index contributed by atoms with van der Waals surface area (Å²) in [4.78, 5) is 18.3. The summed E-state index contributed by atoms with van der Waals surface area (Å²) in [6.45, 7) is 1.63. The summed E-state index contributed by atoms with van der Waals surface area (Å²) in [5.74, 6) is -1.87. The molecule has 0 aliphatic carbocycles. The van der Waals surface area contributed by atoms with Crippen LogP contribution in [-0.2, 0) is 19.6 Å². The third-order valence-electron chi connectivity index (χ3n) is 1.61. The number of hydrogen-bond donors (Lipinski definition) is 1. The van der Waals surface area contributed by atoms with Gasteiger partial charge in [-0.3, -0.25) is 9.52 Å². The molecule has 0 aliphatic rings. The molecular formula is C8H10ClN3O4S. The van der Waals surface area contributed by atoms with Crippen molar-refractivity contribution in [3.8, 4) is 0 Å². The summed E-state index contributed by atoms with van der Waals surface area (Å²) in [5, 5.41) is 0.105. The van der Waals surface area contributed by atoms with Gasteiger partial charge in [0.2, 0.25) is 16.0 Å². The number of ether oxygens (including phenoxy) is 1. The van der Waals surface area contributed by atoms with Crippen LogP contribution in [0.4, 0.5) is 5.95 Å². The number of carbonyl (C=O) groups is 1. The number of halogens is 1. The van der Waals surface area contributed by atoms with Crippen molar-refractivity contribution in [2.75, 3.05) is 17.6 Å². The van der Waals surface area contributed by atoms with Gasteiger partial charge in [-0.05, 0) is 13.0 Å². The maximum atomic E-state index is 11.5. The molecule has 7 nitrogen and oxygen atoms in total. The number of aryl methyl sites for hydroxylation is 1. The van der Waals surface area contributed by atoms with E-state index in [-0.39, 0.29) is 11.1 Å². The lowest BCUT2D eigenvalue weighted by atomic mass is 10.5. The van der Waals surface area contributed by atoms with Crippen LogP contribution in [0.25, 0.3) is 0 Å². The third-order valence-corrected chi connectivity index (χ3v) is 2.91. The summed E-state index contributed by atoms with van der Waals surface area (Å²) in [6, 6.07) is 1.47. The van der Waals surface area contributed by atoms with Gasteiger partial charge in [0, 0.05) is 5.69 Å². The Morgan fingerprint density at radius 1 is 1.53 bits per heavy atom. The second-order valence-electron chi connectivity index (χ2n) is 3.09. The Labute approximate surface area is 103 Å². The molecule has 0 spiro atoms. The van der Waals surface area contributed by atoms with Gasteiger partial charge in [-0.2, -0.15) is 0 Å². The highest BCUT2D eigenvalue weighted by atomic mass is 35.5. The summed E-state index contributed by atoms with van der Waals surface area (Å²) in [5.41, 5.74) is 0.501. The minimum Gasteiger partial charge on any atom is -0.468 e. The summed E-state index contributed by atoms with van der Waals surface area (Å²) in [6.07, 6.45) is 0. The fourth-order valence-electron chi connectivity index (χ4n) is 0.965. The predicted molar refractivity (Wildman–Crippen MR) is 61.2 cm³/mol. The molecule has 1 heterocycles. The summed E-state index contributed by atoms with van der Waals surface area (Å²) in [7, 11) is -2.79. The molecule has 0 fully saturated rings. The van der Waals surface area contributed by atoms with Crippen molar-refractivity contribution in [3.05, 3.63) is 16.9 Å². The van der Waals surface area contributed by atoms with Crippen molar-refractivity contribution in [2.24, 2.45) is 0 Å². The number of sulfonamides is 1. The Kier molecular flexibility index (Phi) is 4.24. The molecule has 0 bridgehead atoms. The number of rotatable bonds is 4. The van der Waals surface area contributed by atoms with Crippen molar-refractivity contribution >= 4 is 33.5 Å². The highest BCUT2D eigenvalue weighted by molar-refractivity contribution is 7.93. The first-order valence-electron chi connectivity index (χ1n) is 4.41. The van der Waals surface area contributed by atoms with E-state index in [1.54, 1.807) is 6.92 Å². The van der Waals surface area contributed by atoms with Crippen molar-refractivity contribution in [2.45, 2.75) is 6.92 Å². The van der Waals surface area contributed by atoms with E-state index in [1.807, 2.05) is 4.72 Å². The van der Waals surface area contributed by atoms with Crippen LogP contribution in [0.5, 0.6) is 0 Å². The highest BCUT2D eigenvalue weighted by Crippen LogP contribution is 2.10. The maximum Gasteiger partial charge on any atom is 0.322 e. The van der Waals surface area contributed by atoms with Crippen molar-refractivity contribution in [3.63, 3.8) is 0 Å². The third kappa shape index (κ3) is 4.53. The number of aromatic nitrogens is 2. The number of methoxy groups -OCH3 is 1. The zero-order valence-corrected chi connectivity index (χ0v) is 10.7. The van der Waals surface area contributed by atoms with Crippen molar-refractivity contribution in [1.82, 2.24) is 9.97 Å². The van der Waals surface area contributed by atoms with Crippen LogP contribution in [0.3, 0.4) is 0 Å².